The minimum atomic E-state index is -0.0689. The molecule has 0 saturated heterocycles. The number of thioether (sulfide) groups is 1. The molecule has 2 heterocycles. The van der Waals surface area contributed by atoms with Crippen molar-refractivity contribution in [2.45, 2.75) is 45.4 Å². The summed E-state index contributed by atoms with van der Waals surface area (Å²) in [5.41, 5.74) is 4.47. The molecule has 1 atom stereocenters. The quantitative estimate of drug-likeness (QED) is 0.602. The molecule has 0 saturated carbocycles. The van der Waals surface area contributed by atoms with Crippen LogP contribution in [0.25, 0.3) is 0 Å². The van der Waals surface area contributed by atoms with E-state index >= 15 is 0 Å². The zero-order chi connectivity index (χ0) is 19.4. The average Bonchev–Trinajstić information content (AvgIpc) is 3.24. The lowest BCUT2D eigenvalue weighted by atomic mass is 10.0. The molecule has 0 fully saturated rings. The number of hydrogen-bond donors (Lipinski definition) is 1. The van der Waals surface area contributed by atoms with Gasteiger partial charge in [0, 0.05) is 5.38 Å². The van der Waals surface area contributed by atoms with Crippen molar-refractivity contribution in [3.63, 3.8) is 0 Å². The van der Waals surface area contributed by atoms with E-state index in [0.717, 1.165) is 16.3 Å². The van der Waals surface area contributed by atoms with Gasteiger partial charge in [0.15, 0.2) is 0 Å². The maximum absolute atomic E-state index is 12.2. The molecule has 1 N–H and O–H groups in total. The number of rotatable bonds is 7. The summed E-state index contributed by atoms with van der Waals surface area (Å²) in [6.45, 7) is 8.09. The van der Waals surface area contributed by atoms with Crippen LogP contribution in [0.3, 0.4) is 0 Å². The molecule has 2 aromatic heterocycles. The van der Waals surface area contributed by atoms with Crippen molar-refractivity contribution < 1.29 is 9.21 Å². The summed E-state index contributed by atoms with van der Waals surface area (Å²) in [4.78, 5) is 16.6. The lowest BCUT2D eigenvalue weighted by Crippen LogP contribution is -2.28. The number of aromatic nitrogens is 3. The molecule has 1 aromatic carbocycles. The predicted octanol–water partition coefficient (Wildman–Crippen LogP) is 4.01. The van der Waals surface area contributed by atoms with Crippen molar-refractivity contribution in [1.82, 2.24) is 20.5 Å². The summed E-state index contributed by atoms with van der Waals surface area (Å²) in [5, 5.41) is 14.4. The number of carbonyl (C=O) groups excluding carboxylic acids is 1. The fourth-order valence-electron chi connectivity index (χ4n) is 2.54. The van der Waals surface area contributed by atoms with Crippen LogP contribution >= 0.6 is 23.1 Å². The zero-order valence-corrected chi connectivity index (χ0v) is 17.4. The molecule has 0 spiro atoms. The Bertz CT molecular complexity index is 935. The van der Waals surface area contributed by atoms with Crippen LogP contribution in [0, 0.1) is 20.8 Å². The second kappa shape index (κ2) is 8.67. The van der Waals surface area contributed by atoms with Gasteiger partial charge in [0.05, 0.1) is 28.9 Å². The zero-order valence-electron chi connectivity index (χ0n) is 15.8. The van der Waals surface area contributed by atoms with E-state index in [1.807, 2.05) is 25.3 Å². The summed E-state index contributed by atoms with van der Waals surface area (Å²) in [5.74, 6) is 0.666. The van der Waals surface area contributed by atoms with Crippen LogP contribution in [0.1, 0.15) is 46.2 Å². The van der Waals surface area contributed by atoms with E-state index in [9.17, 15) is 4.79 Å². The van der Waals surface area contributed by atoms with Crippen molar-refractivity contribution in [2.24, 2.45) is 0 Å². The van der Waals surface area contributed by atoms with Gasteiger partial charge in [-0.1, -0.05) is 30.0 Å². The molecular weight excluding hydrogens is 380 g/mol. The molecule has 142 valence electrons. The Labute approximate surface area is 166 Å². The smallest absolute Gasteiger partial charge is 0.277 e. The Kier molecular flexibility index (Phi) is 6.28. The number of nitrogens with one attached hydrogen (secondary N) is 1. The van der Waals surface area contributed by atoms with Crippen LogP contribution in [-0.2, 0) is 11.2 Å². The second-order valence-corrected chi connectivity index (χ2v) is 8.41. The van der Waals surface area contributed by atoms with Crippen molar-refractivity contribution in [1.29, 1.82) is 0 Å². The highest BCUT2D eigenvalue weighted by Crippen LogP contribution is 2.20. The molecule has 0 bridgehead atoms. The average molecular weight is 403 g/mol. The van der Waals surface area contributed by atoms with Crippen molar-refractivity contribution in [3.8, 4) is 0 Å². The first-order valence-corrected chi connectivity index (χ1v) is 10.5. The van der Waals surface area contributed by atoms with Crippen molar-refractivity contribution >= 4 is 29.0 Å². The van der Waals surface area contributed by atoms with Gasteiger partial charge in [-0.15, -0.1) is 21.5 Å². The van der Waals surface area contributed by atoms with E-state index < -0.39 is 0 Å². The van der Waals surface area contributed by atoms with Crippen LogP contribution in [0.4, 0.5) is 0 Å². The van der Waals surface area contributed by atoms with Gasteiger partial charge < -0.3 is 9.73 Å². The SMILES string of the molecule is Cc1nc(Cc2nnc(SCC(=O)NC(C)c3ccc(C)c(C)c3)o2)cs1. The molecule has 27 heavy (non-hydrogen) atoms. The fourth-order valence-corrected chi connectivity index (χ4v) is 3.74. The third-order valence-electron chi connectivity index (χ3n) is 4.18. The van der Waals surface area contributed by atoms with Crippen molar-refractivity contribution in [3.05, 3.63) is 56.9 Å². The molecule has 8 heteroatoms. The van der Waals surface area contributed by atoms with E-state index in [4.69, 9.17) is 4.42 Å². The molecule has 1 unspecified atom stereocenters. The largest absolute Gasteiger partial charge is 0.416 e. The van der Waals surface area contributed by atoms with Crippen LogP contribution in [0.2, 0.25) is 0 Å². The second-order valence-electron chi connectivity index (χ2n) is 6.42. The highest BCUT2D eigenvalue weighted by Gasteiger charge is 2.14. The Morgan fingerprint density at radius 3 is 2.78 bits per heavy atom. The van der Waals surface area contributed by atoms with Crippen molar-refractivity contribution in [2.75, 3.05) is 5.75 Å². The fraction of sp³-hybridized carbons (Fsp3) is 0.368. The van der Waals surface area contributed by atoms with Crippen LogP contribution in [0.15, 0.2) is 33.2 Å². The first-order valence-electron chi connectivity index (χ1n) is 8.63. The number of amides is 1. The van der Waals surface area contributed by atoms with E-state index in [1.165, 1.54) is 22.9 Å². The van der Waals surface area contributed by atoms with E-state index in [0.29, 0.717) is 17.5 Å². The number of benzene rings is 1. The van der Waals surface area contributed by atoms with E-state index in [1.54, 1.807) is 11.3 Å². The molecule has 0 radical (unpaired) electrons. The minimum absolute atomic E-state index is 0.0523. The first kappa shape index (κ1) is 19.6. The number of carbonyl (C=O) groups is 1. The van der Waals surface area contributed by atoms with E-state index in [-0.39, 0.29) is 17.7 Å². The Morgan fingerprint density at radius 1 is 1.26 bits per heavy atom. The number of aryl methyl sites for hydroxylation is 3. The van der Waals surface area contributed by atoms with Crippen LogP contribution in [-0.4, -0.2) is 26.8 Å². The highest BCUT2D eigenvalue weighted by molar-refractivity contribution is 7.99. The standard InChI is InChI=1S/C19H22N4O2S2/c1-11-5-6-15(7-12(11)2)13(3)20-17(24)10-27-19-23-22-18(25-19)8-16-9-26-14(4)21-16/h5-7,9,13H,8,10H2,1-4H3,(H,20,24). The van der Waals surface area contributed by atoms with Gasteiger partial charge in [-0.25, -0.2) is 4.98 Å². The summed E-state index contributed by atoms with van der Waals surface area (Å²) in [6.07, 6.45) is 0.508. The Hall–Kier alpha value is -2.19. The Morgan fingerprint density at radius 2 is 2.07 bits per heavy atom. The third-order valence-corrected chi connectivity index (χ3v) is 5.82. The lowest BCUT2D eigenvalue weighted by molar-refractivity contribution is -0.119. The van der Waals surface area contributed by atoms with Crippen LogP contribution in [0.5, 0.6) is 0 Å². The molecule has 1 amide bonds. The predicted molar refractivity (Wildman–Crippen MR) is 107 cm³/mol. The summed E-state index contributed by atoms with van der Waals surface area (Å²) >= 11 is 2.83. The molecular formula is C19H22N4O2S2. The molecule has 3 aromatic rings. The van der Waals surface area contributed by atoms with Gasteiger partial charge in [-0.05, 0) is 44.4 Å². The topological polar surface area (TPSA) is 80.9 Å². The monoisotopic (exact) mass is 402 g/mol. The number of nitrogens with zero attached hydrogens (tertiary/aromatic N) is 3. The molecule has 6 nitrogen and oxygen atoms in total. The molecule has 0 aliphatic rings. The van der Waals surface area contributed by atoms with Gasteiger partial charge in [-0.2, -0.15) is 0 Å². The maximum Gasteiger partial charge on any atom is 0.277 e. The normalized spacial score (nSPS) is 12.1. The summed E-state index contributed by atoms with van der Waals surface area (Å²) in [7, 11) is 0. The first-order chi connectivity index (χ1) is 12.9. The summed E-state index contributed by atoms with van der Waals surface area (Å²) in [6, 6.07) is 6.18. The minimum Gasteiger partial charge on any atom is -0.416 e. The van der Waals surface area contributed by atoms with E-state index in [2.05, 4.69) is 46.5 Å². The summed E-state index contributed by atoms with van der Waals surface area (Å²) < 4.78 is 5.59. The van der Waals surface area contributed by atoms with Gasteiger partial charge in [-0.3, -0.25) is 4.79 Å². The van der Waals surface area contributed by atoms with Gasteiger partial charge in [0.2, 0.25) is 11.8 Å². The maximum atomic E-state index is 12.2. The lowest BCUT2D eigenvalue weighted by Gasteiger charge is -2.15. The molecule has 0 aliphatic heterocycles. The number of hydrogen-bond acceptors (Lipinski definition) is 7. The van der Waals surface area contributed by atoms with Gasteiger partial charge in [0.25, 0.3) is 5.22 Å². The van der Waals surface area contributed by atoms with Gasteiger partial charge in [0.1, 0.15) is 0 Å². The highest BCUT2D eigenvalue weighted by atomic mass is 32.2. The Balaban J connectivity index is 1.49. The molecule has 0 aliphatic carbocycles. The molecule has 3 rings (SSSR count). The van der Waals surface area contributed by atoms with Crippen LogP contribution < -0.4 is 5.32 Å². The van der Waals surface area contributed by atoms with Gasteiger partial charge >= 0.3 is 0 Å². The number of thiazole rings is 1. The third kappa shape index (κ3) is 5.40.